The van der Waals surface area contributed by atoms with Crippen molar-refractivity contribution in [3.8, 4) is 0 Å². The second kappa shape index (κ2) is 9.96. The number of rotatable bonds is 4. The summed E-state index contributed by atoms with van der Waals surface area (Å²) in [4.78, 5) is 28.0. The fourth-order valence-corrected chi connectivity index (χ4v) is 6.89. The van der Waals surface area contributed by atoms with Gasteiger partial charge in [-0.1, -0.05) is 50.0 Å². The van der Waals surface area contributed by atoms with Crippen molar-refractivity contribution in [3.63, 3.8) is 0 Å². The quantitative estimate of drug-likeness (QED) is 0.374. The Morgan fingerprint density at radius 1 is 1.08 bits per heavy atom. The summed E-state index contributed by atoms with van der Waals surface area (Å²) in [6.07, 6.45) is -1.13. The van der Waals surface area contributed by atoms with Crippen LogP contribution in [0.1, 0.15) is 57.1 Å². The van der Waals surface area contributed by atoms with Crippen molar-refractivity contribution >= 4 is 40.7 Å². The first-order valence-corrected chi connectivity index (χ1v) is 13.7. The van der Waals surface area contributed by atoms with Crippen molar-refractivity contribution < 1.29 is 28.6 Å². The van der Waals surface area contributed by atoms with Crippen LogP contribution in [0.2, 0.25) is 10.0 Å². The molecule has 1 aliphatic carbocycles. The van der Waals surface area contributed by atoms with Gasteiger partial charge in [-0.3, -0.25) is 9.59 Å². The number of carbonyl (C=O) groups excluding carboxylic acids is 2. The maximum Gasteiger partial charge on any atom is 0.238 e. The summed E-state index contributed by atoms with van der Waals surface area (Å²) < 4.78 is 29.2. The van der Waals surface area contributed by atoms with E-state index in [0.717, 1.165) is 0 Å². The number of halogens is 4. The molecule has 0 aromatic heterocycles. The number of nitrogens with one attached hydrogen (secondary N) is 3. The van der Waals surface area contributed by atoms with E-state index in [-0.39, 0.29) is 28.3 Å². The molecule has 0 radical (unpaired) electrons. The van der Waals surface area contributed by atoms with Gasteiger partial charge in [0.05, 0.1) is 28.3 Å². The van der Waals surface area contributed by atoms with Crippen LogP contribution in [0.15, 0.2) is 30.3 Å². The molecule has 3 aliphatic rings. The molecule has 210 valence electrons. The van der Waals surface area contributed by atoms with Crippen LogP contribution in [0.4, 0.5) is 14.5 Å². The maximum atomic E-state index is 15.0. The second-order valence-corrected chi connectivity index (χ2v) is 12.9. The molecule has 7 atom stereocenters. The predicted octanol–water partition coefficient (Wildman–Crippen LogP) is 4.02. The Kier molecular flexibility index (Phi) is 7.21. The number of hydrogen-bond donors (Lipinski definition) is 5. The summed E-state index contributed by atoms with van der Waals surface area (Å²) in [5.41, 5.74) is -0.659. The average molecular weight is 582 g/mol. The zero-order valence-corrected chi connectivity index (χ0v) is 23.2. The van der Waals surface area contributed by atoms with Gasteiger partial charge < -0.3 is 26.2 Å². The van der Waals surface area contributed by atoms with E-state index in [9.17, 15) is 28.6 Å². The number of anilines is 1. The molecular weight excluding hydrogens is 551 g/mol. The van der Waals surface area contributed by atoms with Crippen molar-refractivity contribution in [1.82, 2.24) is 10.6 Å². The van der Waals surface area contributed by atoms with Gasteiger partial charge in [-0.2, -0.15) is 0 Å². The van der Waals surface area contributed by atoms with Gasteiger partial charge in [0.1, 0.15) is 17.0 Å². The largest absolute Gasteiger partial charge is 0.390 e. The van der Waals surface area contributed by atoms with Gasteiger partial charge in [0.2, 0.25) is 11.8 Å². The fraction of sp³-hybridized carbons (Fsp3) is 0.500. The molecule has 7 nitrogen and oxygen atoms in total. The highest BCUT2D eigenvalue weighted by molar-refractivity contribution is 6.31. The SMILES string of the molecule is CC(C)(C)C[C@H]1N[C@@H](C(=O)N[C@H]2C[C@@H](O)[C@@H](O)C2)[C@H](c2ccc(F)c(Cl)c2)[C@@]12C(=O)Nc1cc(Cl)c(F)cc12. The van der Waals surface area contributed by atoms with E-state index in [0.29, 0.717) is 23.2 Å². The lowest BCUT2D eigenvalue weighted by atomic mass is 9.62. The third-order valence-electron chi connectivity index (χ3n) is 8.13. The topological polar surface area (TPSA) is 111 Å². The van der Waals surface area contributed by atoms with E-state index in [1.54, 1.807) is 0 Å². The number of hydrogen-bond acceptors (Lipinski definition) is 5. The highest BCUT2D eigenvalue weighted by Gasteiger charge is 2.66. The highest BCUT2D eigenvalue weighted by Crippen LogP contribution is 2.57. The molecule has 0 unspecified atom stereocenters. The van der Waals surface area contributed by atoms with Crippen LogP contribution in [0.5, 0.6) is 0 Å². The monoisotopic (exact) mass is 581 g/mol. The molecule has 1 spiro atoms. The summed E-state index contributed by atoms with van der Waals surface area (Å²) in [6, 6.07) is 4.51. The van der Waals surface area contributed by atoms with E-state index in [4.69, 9.17) is 23.2 Å². The van der Waals surface area contributed by atoms with Gasteiger partial charge in [-0.25, -0.2) is 8.78 Å². The number of carbonyl (C=O) groups is 2. The molecule has 2 aromatic rings. The average Bonchev–Trinajstić information content (AvgIpc) is 3.42. The van der Waals surface area contributed by atoms with Crippen molar-refractivity contribution in [1.29, 1.82) is 0 Å². The molecule has 2 amide bonds. The molecule has 2 heterocycles. The van der Waals surface area contributed by atoms with E-state index < -0.39 is 65.1 Å². The van der Waals surface area contributed by atoms with Crippen LogP contribution in [0, 0.1) is 17.0 Å². The summed E-state index contributed by atoms with van der Waals surface area (Å²) >= 11 is 12.2. The predicted molar refractivity (Wildman–Crippen MR) is 144 cm³/mol. The first-order valence-electron chi connectivity index (χ1n) is 12.9. The van der Waals surface area contributed by atoms with E-state index in [2.05, 4.69) is 16.0 Å². The first kappa shape index (κ1) is 28.2. The summed E-state index contributed by atoms with van der Waals surface area (Å²) in [5.74, 6) is -3.18. The molecule has 39 heavy (non-hydrogen) atoms. The van der Waals surface area contributed by atoms with Crippen molar-refractivity contribution in [3.05, 3.63) is 63.1 Å². The van der Waals surface area contributed by atoms with Gasteiger partial charge >= 0.3 is 0 Å². The number of fused-ring (bicyclic) bond motifs is 2. The zero-order chi connectivity index (χ0) is 28.4. The molecule has 1 saturated carbocycles. The van der Waals surface area contributed by atoms with E-state index in [1.807, 2.05) is 20.8 Å². The molecule has 5 N–H and O–H groups in total. The fourth-order valence-electron chi connectivity index (χ4n) is 6.54. The standard InChI is InChI=1S/C28H31Cl2F2N3O4/c1-27(2,3)11-22-28(14-9-18(32)16(30)10-19(14)34-26(28)39)23(12-4-5-17(31)15(29)6-12)24(35-22)25(38)33-13-7-20(36)21(37)8-13/h4-6,9-10,13,20-24,35-37H,7-8,11H2,1-3H3,(H,33,38)(H,34,39)/t13-,20+,21-,22-,23+,24-,28+/m1/s1. The van der Waals surface area contributed by atoms with Gasteiger partial charge in [0, 0.05) is 23.7 Å². The number of aliphatic hydroxyl groups excluding tert-OH is 2. The highest BCUT2D eigenvalue weighted by atomic mass is 35.5. The molecule has 2 aliphatic heterocycles. The van der Waals surface area contributed by atoms with Crippen LogP contribution >= 0.6 is 23.2 Å². The van der Waals surface area contributed by atoms with Crippen LogP contribution < -0.4 is 16.0 Å². The summed E-state index contributed by atoms with van der Waals surface area (Å²) in [7, 11) is 0. The number of amides is 2. The zero-order valence-electron chi connectivity index (χ0n) is 21.7. The van der Waals surface area contributed by atoms with E-state index >= 15 is 0 Å². The van der Waals surface area contributed by atoms with Crippen LogP contribution in [0.25, 0.3) is 0 Å². The Balaban J connectivity index is 1.69. The third-order valence-corrected chi connectivity index (χ3v) is 8.71. The van der Waals surface area contributed by atoms with Gasteiger partial charge in [0.25, 0.3) is 0 Å². The van der Waals surface area contributed by atoms with Crippen LogP contribution in [-0.4, -0.2) is 52.4 Å². The lowest BCUT2D eigenvalue weighted by Gasteiger charge is -2.37. The van der Waals surface area contributed by atoms with Crippen LogP contribution in [0.3, 0.4) is 0 Å². The minimum atomic E-state index is -1.47. The van der Waals surface area contributed by atoms with E-state index in [1.165, 1.54) is 30.3 Å². The van der Waals surface area contributed by atoms with Crippen molar-refractivity contribution in [2.75, 3.05) is 5.32 Å². The van der Waals surface area contributed by atoms with Gasteiger partial charge in [0.15, 0.2) is 0 Å². The maximum absolute atomic E-state index is 15.0. The Morgan fingerprint density at radius 3 is 2.33 bits per heavy atom. The van der Waals surface area contributed by atoms with Crippen LogP contribution in [-0.2, 0) is 15.0 Å². The molecule has 1 saturated heterocycles. The lowest BCUT2D eigenvalue weighted by molar-refractivity contribution is -0.124. The third kappa shape index (κ3) is 4.82. The molecular formula is C28H31Cl2F2N3O4. The normalized spacial score (nSPS) is 32.0. The van der Waals surface area contributed by atoms with Gasteiger partial charge in [-0.15, -0.1) is 0 Å². The minimum absolute atomic E-state index is 0.154. The minimum Gasteiger partial charge on any atom is -0.390 e. The Morgan fingerprint density at radius 2 is 1.72 bits per heavy atom. The molecule has 0 bridgehead atoms. The van der Waals surface area contributed by atoms with Crippen molar-refractivity contribution in [2.45, 2.75) is 81.7 Å². The smallest absolute Gasteiger partial charge is 0.238 e. The Labute approximate surface area is 235 Å². The summed E-state index contributed by atoms with van der Waals surface area (Å²) in [6.45, 7) is 5.99. The second-order valence-electron chi connectivity index (χ2n) is 12.1. The number of aliphatic hydroxyl groups is 2. The Bertz CT molecular complexity index is 1330. The lowest BCUT2D eigenvalue weighted by Crippen LogP contribution is -2.49. The Hall–Kier alpha value is -2.30. The first-order chi connectivity index (χ1) is 18.2. The van der Waals surface area contributed by atoms with Crippen molar-refractivity contribution in [2.24, 2.45) is 5.41 Å². The molecule has 5 rings (SSSR count). The number of benzene rings is 2. The summed E-state index contributed by atoms with van der Waals surface area (Å²) in [5, 5.41) is 28.8. The molecule has 2 fully saturated rings. The van der Waals surface area contributed by atoms with Gasteiger partial charge in [-0.05, 0) is 60.1 Å². The molecule has 11 heteroatoms. The molecule has 2 aromatic carbocycles.